The second-order valence-electron chi connectivity index (χ2n) is 4.73. The van der Waals surface area contributed by atoms with Gasteiger partial charge in [-0.25, -0.2) is 0 Å². The van der Waals surface area contributed by atoms with E-state index in [0.29, 0.717) is 0 Å². The Morgan fingerprint density at radius 1 is 0.950 bits per heavy atom. The third-order valence-electron chi connectivity index (χ3n) is 3.39. The van der Waals surface area contributed by atoms with Gasteiger partial charge in [-0.15, -0.1) is 0 Å². The average molecular weight is 262 g/mol. The number of fused-ring (bicyclic) bond motifs is 3. The number of carbonyl (C=O) groups is 1. The van der Waals surface area contributed by atoms with Crippen molar-refractivity contribution in [3.05, 3.63) is 66.2 Å². The maximum Gasteiger partial charge on any atom is 0.307 e. The summed E-state index contributed by atoms with van der Waals surface area (Å²) in [4.78, 5) is 10.6. The third kappa shape index (κ3) is 2.28. The van der Waals surface area contributed by atoms with Crippen LogP contribution in [0.5, 0.6) is 0 Å². The van der Waals surface area contributed by atoms with Crippen molar-refractivity contribution in [1.82, 2.24) is 0 Å². The van der Waals surface area contributed by atoms with Crippen molar-refractivity contribution < 1.29 is 9.90 Å². The highest BCUT2D eigenvalue weighted by atomic mass is 16.4. The molecule has 0 spiro atoms. The van der Waals surface area contributed by atoms with Crippen molar-refractivity contribution in [2.45, 2.75) is 6.42 Å². The van der Waals surface area contributed by atoms with E-state index in [9.17, 15) is 4.79 Å². The van der Waals surface area contributed by atoms with Crippen LogP contribution in [0.1, 0.15) is 12.0 Å². The first-order valence-electron chi connectivity index (χ1n) is 6.54. The van der Waals surface area contributed by atoms with Gasteiger partial charge in [0, 0.05) is 0 Å². The van der Waals surface area contributed by atoms with Gasteiger partial charge in [-0.3, -0.25) is 4.79 Å². The van der Waals surface area contributed by atoms with Crippen LogP contribution < -0.4 is 0 Å². The summed E-state index contributed by atoms with van der Waals surface area (Å²) in [5, 5.41) is 13.5. The van der Waals surface area contributed by atoms with E-state index in [4.69, 9.17) is 5.11 Å². The lowest BCUT2D eigenvalue weighted by Crippen LogP contribution is -1.89. The SMILES string of the molecule is O=C(O)CC=Cc1cc2ccccc2c2ccccc12. The summed E-state index contributed by atoms with van der Waals surface area (Å²) in [6.45, 7) is 0. The van der Waals surface area contributed by atoms with Gasteiger partial charge in [0.25, 0.3) is 0 Å². The Morgan fingerprint density at radius 2 is 1.60 bits per heavy atom. The highest BCUT2D eigenvalue weighted by molar-refractivity contribution is 6.10. The second kappa shape index (κ2) is 5.17. The third-order valence-corrected chi connectivity index (χ3v) is 3.39. The molecule has 3 rings (SSSR count). The van der Waals surface area contributed by atoms with E-state index in [1.807, 2.05) is 30.3 Å². The van der Waals surface area contributed by atoms with Gasteiger partial charge in [0.15, 0.2) is 0 Å². The van der Waals surface area contributed by atoms with E-state index < -0.39 is 5.97 Å². The molecule has 0 saturated carbocycles. The van der Waals surface area contributed by atoms with Crippen LogP contribution in [0.2, 0.25) is 0 Å². The number of carboxylic acids is 1. The minimum atomic E-state index is -0.814. The molecule has 0 fully saturated rings. The van der Waals surface area contributed by atoms with Gasteiger partial charge in [-0.2, -0.15) is 0 Å². The minimum absolute atomic E-state index is 0.0428. The Labute approximate surface area is 117 Å². The van der Waals surface area contributed by atoms with Crippen LogP contribution in [-0.4, -0.2) is 11.1 Å². The molecule has 98 valence electrons. The Kier molecular flexibility index (Phi) is 3.21. The first-order chi connectivity index (χ1) is 9.75. The highest BCUT2D eigenvalue weighted by Gasteiger charge is 2.03. The smallest absolute Gasteiger partial charge is 0.307 e. The standard InChI is InChI=1S/C18H14O2/c19-18(20)11-5-7-14-12-13-6-1-2-8-15(13)17-10-4-3-9-16(14)17/h1-10,12H,11H2,(H,19,20). The lowest BCUT2D eigenvalue weighted by atomic mass is 9.97. The lowest BCUT2D eigenvalue weighted by Gasteiger charge is -2.07. The Balaban J connectivity index is 2.24. The van der Waals surface area contributed by atoms with Crippen molar-refractivity contribution in [1.29, 1.82) is 0 Å². The van der Waals surface area contributed by atoms with Gasteiger partial charge >= 0.3 is 5.97 Å². The van der Waals surface area contributed by atoms with Gasteiger partial charge in [-0.1, -0.05) is 60.7 Å². The molecule has 3 aromatic carbocycles. The van der Waals surface area contributed by atoms with Gasteiger partial charge in [-0.05, 0) is 33.2 Å². The summed E-state index contributed by atoms with van der Waals surface area (Å²) in [5.41, 5.74) is 1.06. The van der Waals surface area contributed by atoms with Crippen LogP contribution in [0, 0.1) is 0 Å². The number of aliphatic carboxylic acids is 1. The molecule has 0 bridgehead atoms. The van der Waals surface area contributed by atoms with Crippen molar-refractivity contribution in [3.63, 3.8) is 0 Å². The van der Waals surface area contributed by atoms with E-state index in [1.54, 1.807) is 6.08 Å². The molecule has 1 N–H and O–H groups in total. The van der Waals surface area contributed by atoms with Crippen LogP contribution in [0.15, 0.2) is 60.7 Å². The van der Waals surface area contributed by atoms with Crippen molar-refractivity contribution in [2.75, 3.05) is 0 Å². The predicted molar refractivity (Wildman–Crippen MR) is 82.7 cm³/mol. The number of carboxylic acid groups (broad SMARTS) is 1. The fraction of sp³-hybridized carbons (Fsp3) is 0.0556. The monoisotopic (exact) mass is 262 g/mol. The normalized spacial score (nSPS) is 11.4. The quantitative estimate of drug-likeness (QED) is 0.706. The fourth-order valence-electron chi connectivity index (χ4n) is 2.51. The van der Waals surface area contributed by atoms with Crippen LogP contribution in [-0.2, 0) is 4.79 Å². The van der Waals surface area contributed by atoms with Gasteiger partial charge in [0.05, 0.1) is 6.42 Å². The molecule has 0 amide bonds. The van der Waals surface area contributed by atoms with E-state index in [-0.39, 0.29) is 6.42 Å². The minimum Gasteiger partial charge on any atom is -0.481 e. The molecule has 0 aliphatic rings. The summed E-state index contributed by atoms with van der Waals surface area (Å²) in [5.74, 6) is -0.814. The zero-order valence-electron chi connectivity index (χ0n) is 10.9. The van der Waals surface area contributed by atoms with Gasteiger partial charge in [0.1, 0.15) is 0 Å². The van der Waals surface area contributed by atoms with Gasteiger partial charge < -0.3 is 5.11 Å². The van der Waals surface area contributed by atoms with Crippen molar-refractivity contribution in [2.24, 2.45) is 0 Å². The van der Waals surface area contributed by atoms with E-state index in [1.165, 1.54) is 16.2 Å². The van der Waals surface area contributed by atoms with Crippen LogP contribution in [0.25, 0.3) is 27.6 Å². The molecule has 2 nitrogen and oxygen atoms in total. The molecule has 0 heterocycles. The van der Waals surface area contributed by atoms with Crippen LogP contribution >= 0.6 is 0 Å². The van der Waals surface area contributed by atoms with Crippen LogP contribution in [0.4, 0.5) is 0 Å². The molecule has 0 aromatic heterocycles. The Bertz CT molecular complexity index is 816. The number of hydrogen-bond donors (Lipinski definition) is 1. The molecule has 0 radical (unpaired) electrons. The highest BCUT2D eigenvalue weighted by Crippen LogP contribution is 2.29. The molecule has 0 unspecified atom stereocenters. The molecule has 0 saturated heterocycles. The molecule has 20 heavy (non-hydrogen) atoms. The fourth-order valence-corrected chi connectivity index (χ4v) is 2.51. The zero-order chi connectivity index (χ0) is 13.9. The van der Waals surface area contributed by atoms with Crippen molar-refractivity contribution in [3.8, 4) is 0 Å². The van der Waals surface area contributed by atoms with E-state index in [2.05, 4.69) is 30.3 Å². The number of benzene rings is 3. The summed E-state index contributed by atoms with van der Waals surface area (Å²) in [6, 6.07) is 18.6. The summed E-state index contributed by atoms with van der Waals surface area (Å²) >= 11 is 0. The van der Waals surface area contributed by atoms with E-state index >= 15 is 0 Å². The van der Waals surface area contributed by atoms with Crippen LogP contribution in [0.3, 0.4) is 0 Å². The van der Waals surface area contributed by atoms with Crippen molar-refractivity contribution >= 4 is 33.6 Å². The Morgan fingerprint density at radius 3 is 2.35 bits per heavy atom. The molecular formula is C18H14O2. The topological polar surface area (TPSA) is 37.3 Å². The summed E-state index contributed by atoms with van der Waals surface area (Å²) < 4.78 is 0. The molecule has 3 aromatic rings. The largest absolute Gasteiger partial charge is 0.481 e. The Hall–Kier alpha value is -2.61. The summed E-state index contributed by atoms with van der Waals surface area (Å²) in [7, 11) is 0. The predicted octanol–water partition coefficient (Wildman–Crippen LogP) is 4.48. The second-order valence-corrected chi connectivity index (χ2v) is 4.73. The summed E-state index contributed by atoms with van der Waals surface area (Å²) in [6.07, 6.45) is 3.63. The maximum atomic E-state index is 10.6. The zero-order valence-corrected chi connectivity index (χ0v) is 10.9. The first-order valence-corrected chi connectivity index (χ1v) is 6.54. The van der Waals surface area contributed by atoms with E-state index in [0.717, 1.165) is 10.9 Å². The molecule has 0 atom stereocenters. The first kappa shape index (κ1) is 12.4. The molecule has 2 heteroatoms. The molecular weight excluding hydrogens is 248 g/mol. The maximum absolute atomic E-state index is 10.6. The van der Waals surface area contributed by atoms with Gasteiger partial charge in [0.2, 0.25) is 0 Å². The lowest BCUT2D eigenvalue weighted by molar-refractivity contribution is -0.135. The molecule has 0 aliphatic heterocycles. The average Bonchev–Trinajstić information content (AvgIpc) is 2.47. The molecule has 0 aliphatic carbocycles. The number of hydrogen-bond acceptors (Lipinski definition) is 1. The number of rotatable bonds is 3.